The van der Waals surface area contributed by atoms with Gasteiger partial charge >= 0.3 is 5.97 Å². The van der Waals surface area contributed by atoms with Crippen molar-refractivity contribution in [3.8, 4) is 0 Å². The Morgan fingerprint density at radius 2 is 2.00 bits per heavy atom. The van der Waals surface area contributed by atoms with Gasteiger partial charge in [0.15, 0.2) is 0 Å². The number of thioether (sulfide) groups is 1. The number of hydrogen-bond donors (Lipinski definition) is 2. The van der Waals surface area contributed by atoms with Crippen molar-refractivity contribution < 1.29 is 14.7 Å². The second-order valence-corrected chi connectivity index (χ2v) is 5.00. The molecular formula is C11H14N2O3S. The number of carboxylic acid groups (broad SMARTS) is 1. The lowest BCUT2D eigenvalue weighted by Crippen LogP contribution is -2.50. The summed E-state index contributed by atoms with van der Waals surface area (Å²) in [7, 11) is 0. The van der Waals surface area contributed by atoms with Crippen LogP contribution in [-0.4, -0.2) is 33.3 Å². The summed E-state index contributed by atoms with van der Waals surface area (Å²) >= 11 is 1.34. The second kappa shape index (κ2) is 5.67. The van der Waals surface area contributed by atoms with Gasteiger partial charge in [-0.2, -0.15) is 0 Å². The quantitative estimate of drug-likeness (QED) is 0.771. The van der Waals surface area contributed by atoms with E-state index in [1.807, 2.05) is 0 Å². The number of pyridine rings is 1. The third-order valence-electron chi connectivity index (χ3n) is 2.01. The monoisotopic (exact) mass is 254 g/mol. The molecule has 0 fully saturated rings. The van der Waals surface area contributed by atoms with Crippen LogP contribution >= 0.6 is 11.8 Å². The molecule has 17 heavy (non-hydrogen) atoms. The summed E-state index contributed by atoms with van der Waals surface area (Å²) in [5, 5.41) is 11.3. The zero-order chi connectivity index (χ0) is 12.9. The van der Waals surface area contributed by atoms with E-state index in [1.54, 1.807) is 24.5 Å². The van der Waals surface area contributed by atoms with E-state index >= 15 is 0 Å². The third-order valence-corrected chi connectivity index (χ3v) is 3.02. The molecule has 0 spiro atoms. The van der Waals surface area contributed by atoms with Gasteiger partial charge in [-0.3, -0.25) is 9.78 Å². The highest BCUT2D eigenvalue weighted by molar-refractivity contribution is 8.00. The SMILES string of the molecule is CC(C)(NC(=O)CSc1ccncc1)C(=O)O. The zero-order valence-corrected chi connectivity index (χ0v) is 10.5. The molecular weight excluding hydrogens is 240 g/mol. The minimum Gasteiger partial charge on any atom is -0.480 e. The summed E-state index contributed by atoms with van der Waals surface area (Å²) in [5.74, 6) is -1.18. The van der Waals surface area contributed by atoms with E-state index in [9.17, 15) is 9.59 Å². The van der Waals surface area contributed by atoms with E-state index in [0.717, 1.165) is 4.90 Å². The molecule has 0 aliphatic heterocycles. The first-order chi connectivity index (χ1) is 7.92. The topological polar surface area (TPSA) is 79.3 Å². The molecule has 0 saturated carbocycles. The molecule has 0 aliphatic carbocycles. The van der Waals surface area contributed by atoms with Gasteiger partial charge in [0.2, 0.25) is 5.91 Å². The maximum atomic E-state index is 11.5. The Labute approximate surface area is 104 Å². The Bertz CT molecular complexity index is 406. The number of rotatable bonds is 5. The zero-order valence-electron chi connectivity index (χ0n) is 9.64. The van der Waals surface area contributed by atoms with Crippen molar-refractivity contribution >= 4 is 23.6 Å². The Balaban J connectivity index is 2.44. The fourth-order valence-electron chi connectivity index (χ4n) is 1.02. The van der Waals surface area contributed by atoms with E-state index < -0.39 is 11.5 Å². The van der Waals surface area contributed by atoms with Gasteiger partial charge in [-0.05, 0) is 26.0 Å². The standard InChI is InChI=1S/C11H14N2O3S/c1-11(2,10(15)16)13-9(14)7-17-8-3-5-12-6-4-8/h3-6H,7H2,1-2H3,(H,13,14)(H,15,16). The molecule has 1 aromatic heterocycles. The number of carboxylic acids is 1. The average molecular weight is 254 g/mol. The first-order valence-corrected chi connectivity index (χ1v) is 5.97. The van der Waals surface area contributed by atoms with Gasteiger partial charge < -0.3 is 10.4 Å². The molecule has 92 valence electrons. The van der Waals surface area contributed by atoms with Crippen LogP contribution in [0.5, 0.6) is 0 Å². The van der Waals surface area contributed by atoms with Crippen LogP contribution in [-0.2, 0) is 9.59 Å². The molecule has 0 bridgehead atoms. The second-order valence-electron chi connectivity index (χ2n) is 3.95. The Morgan fingerprint density at radius 3 is 2.53 bits per heavy atom. The predicted molar refractivity (Wildman–Crippen MR) is 64.8 cm³/mol. The van der Waals surface area contributed by atoms with E-state index in [0.29, 0.717) is 0 Å². The summed E-state index contributed by atoms with van der Waals surface area (Å²) in [5.41, 5.74) is -1.24. The van der Waals surface area contributed by atoms with Gasteiger partial charge in [0, 0.05) is 17.3 Å². The molecule has 0 atom stereocenters. The van der Waals surface area contributed by atoms with E-state index in [4.69, 9.17) is 5.11 Å². The van der Waals surface area contributed by atoms with Crippen LogP contribution < -0.4 is 5.32 Å². The predicted octanol–water partition coefficient (Wildman–Crippen LogP) is 1.15. The fraction of sp³-hybridized carbons (Fsp3) is 0.364. The Morgan fingerprint density at radius 1 is 1.41 bits per heavy atom. The molecule has 1 amide bonds. The minimum atomic E-state index is -1.24. The summed E-state index contributed by atoms with van der Waals surface area (Å²) in [6.45, 7) is 2.90. The lowest BCUT2D eigenvalue weighted by atomic mass is 10.1. The molecule has 5 nitrogen and oxygen atoms in total. The van der Waals surface area contributed by atoms with Crippen molar-refractivity contribution in [3.05, 3.63) is 24.5 Å². The lowest BCUT2D eigenvalue weighted by molar-refractivity contribution is -0.145. The van der Waals surface area contributed by atoms with Gasteiger partial charge in [-0.15, -0.1) is 11.8 Å². The lowest BCUT2D eigenvalue weighted by Gasteiger charge is -2.20. The van der Waals surface area contributed by atoms with Gasteiger partial charge in [0.1, 0.15) is 5.54 Å². The number of nitrogens with zero attached hydrogens (tertiary/aromatic N) is 1. The van der Waals surface area contributed by atoms with Crippen molar-refractivity contribution in [2.75, 3.05) is 5.75 Å². The Hall–Kier alpha value is -1.56. The van der Waals surface area contributed by atoms with Gasteiger partial charge in [0.25, 0.3) is 0 Å². The van der Waals surface area contributed by atoms with Crippen LogP contribution in [0.1, 0.15) is 13.8 Å². The van der Waals surface area contributed by atoms with E-state index in [2.05, 4.69) is 10.3 Å². The number of amides is 1. The number of hydrogen-bond acceptors (Lipinski definition) is 4. The fourth-order valence-corrected chi connectivity index (χ4v) is 1.71. The molecule has 0 unspecified atom stereocenters. The van der Waals surface area contributed by atoms with Crippen LogP contribution in [0.3, 0.4) is 0 Å². The van der Waals surface area contributed by atoms with E-state index in [-0.39, 0.29) is 11.7 Å². The molecule has 6 heteroatoms. The number of aliphatic carboxylic acids is 1. The van der Waals surface area contributed by atoms with Crippen LogP contribution in [0.15, 0.2) is 29.4 Å². The average Bonchev–Trinajstić information content (AvgIpc) is 2.27. The highest BCUT2D eigenvalue weighted by atomic mass is 32.2. The molecule has 0 aromatic carbocycles. The normalized spacial score (nSPS) is 10.9. The molecule has 1 rings (SSSR count). The first-order valence-electron chi connectivity index (χ1n) is 4.99. The van der Waals surface area contributed by atoms with Gasteiger partial charge in [-0.25, -0.2) is 4.79 Å². The van der Waals surface area contributed by atoms with Gasteiger partial charge in [-0.1, -0.05) is 0 Å². The van der Waals surface area contributed by atoms with Crippen LogP contribution in [0.25, 0.3) is 0 Å². The van der Waals surface area contributed by atoms with Crippen molar-refractivity contribution in [2.24, 2.45) is 0 Å². The van der Waals surface area contributed by atoms with Crippen LogP contribution in [0.4, 0.5) is 0 Å². The van der Waals surface area contributed by atoms with Crippen molar-refractivity contribution in [1.29, 1.82) is 0 Å². The number of carbonyl (C=O) groups is 2. The van der Waals surface area contributed by atoms with Crippen LogP contribution in [0, 0.1) is 0 Å². The third kappa shape index (κ3) is 4.44. The molecule has 1 heterocycles. The Kier molecular flexibility index (Phi) is 4.51. The molecule has 0 radical (unpaired) electrons. The largest absolute Gasteiger partial charge is 0.480 e. The summed E-state index contributed by atoms with van der Waals surface area (Å²) < 4.78 is 0. The van der Waals surface area contributed by atoms with Crippen molar-refractivity contribution in [1.82, 2.24) is 10.3 Å². The molecule has 1 aromatic rings. The van der Waals surface area contributed by atoms with Crippen molar-refractivity contribution in [2.45, 2.75) is 24.3 Å². The maximum Gasteiger partial charge on any atom is 0.328 e. The summed E-state index contributed by atoms with van der Waals surface area (Å²) in [6.07, 6.45) is 3.28. The molecule has 0 aliphatic rings. The maximum absolute atomic E-state index is 11.5. The van der Waals surface area contributed by atoms with Crippen LogP contribution in [0.2, 0.25) is 0 Å². The molecule has 0 saturated heterocycles. The summed E-state index contributed by atoms with van der Waals surface area (Å²) in [4.78, 5) is 27.1. The smallest absolute Gasteiger partial charge is 0.328 e. The van der Waals surface area contributed by atoms with E-state index in [1.165, 1.54) is 25.6 Å². The highest BCUT2D eigenvalue weighted by Crippen LogP contribution is 2.16. The highest BCUT2D eigenvalue weighted by Gasteiger charge is 2.28. The summed E-state index contributed by atoms with van der Waals surface area (Å²) in [6, 6.07) is 3.58. The number of aromatic nitrogens is 1. The first kappa shape index (κ1) is 13.5. The van der Waals surface area contributed by atoms with Crippen molar-refractivity contribution in [3.63, 3.8) is 0 Å². The minimum absolute atomic E-state index is 0.181. The number of carbonyl (C=O) groups excluding carboxylic acids is 1. The van der Waals surface area contributed by atoms with Gasteiger partial charge in [0.05, 0.1) is 5.75 Å². The molecule has 2 N–H and O–H groups in total. The number of nitrogens with one attached hydrogen (secondary N) is 1.